The second-order valence-electron chi connectivity index (χ2n) is 7.59. The third kappa shape index (κ3) is 4.54. The number of benzene rings is 1. The molecule has 1 aromatic carbocycles. The second-order valence-corrected chi connectivity index (χ2v) is 7.59. The van der Waals surface area contributed by atoms with Crippen molar-refractivity contribution in [1.29, 1.82) is 0 Å². The van der Waals surface area contributed by atoms with Crippen LogP contribution in [0.1, 0.15) is 50.5 Å². The summed E-state index contributed by atoms with van der Waals surface area (Å²) < 4.78 is 5.23. The SMILES string of the molecule is C=CCC(CC1CCCCC1)C(=O)N1C(=O)OCC1Cc1ccccc1. The zero-order chi connectivity index (χ0) is 18.4. The molecule has 1 aliphatic heterocycles. The molecule has 26 heavy (non-hydrogen) atoms. The van der Waals surface area contributed by atoms with Crippen LogP contribution >= 0.6 is 0 Å². The Morgan fingerprint density at radius 2 is 1.96 bits per heavy atom. The van der Waals surface area contributed by atoms with Crippen molar-refractivity contribution < 1.29 is 14.3 Å². The molecule has 2 atom stereocenters. The van der Waals surface area contributed by atoms with Crippen molar-refractivity contribution in [1.82, 2.24) is 4.90 Å². The molecule has 2 unspecified atom stereocenters. The molecular formula is C22H29NO3. The zero-order valence-electron chi connectivity index (χ0n) is 15.4. The number of cyclic esters (lactones) is 1. The van der Waals surface area contributed by atoms with E-state index < -0.39 is 6.09 Å². The van der Waals surface area contributed by atoms with E-state index in [9.17, 15) is 9.59 Å². The third-order valence-corrected chi connectivity index (χ3v) is 5.66. The largest absolute Gasteiger partial charge is 0.447 e. The number of imide groups is 1. The zero-order valence-corrected chi connectivity index (χ0v) is 15.4. The molecule has 4 nitrogen and oxygen atoms in total. The van der Waals surface area contributed by atoms with Gasteiger partial charge in [0.05, 0.1) is 6.04 Å². The smallest absolute Gasteiger partial charge is 0.416 e. The van der Waals surface area contributed by atoms with E-state index >= 15 is 0 Å². The third-order valence-electron chi connectivity index (χ3n) is 5.66. The Kier molecular flexibility index (Phi) is 6.48. The number of allylic oxidation sites excluding steroid dienone is 1. The van der Waals surface area contributed by atoms with Crippen molar-refractivity contribution >= 4 is 12.0 Å². The van der Waals surface area contributed by atoms with Crippen LogP contribution in [0.25, 0.3) is 0 Å². The van der Waals surface area contributed by atoms with Gasteiger partial charge in [0.15, 0.2) is 0 Å². The number of rotatable bonds is 7. The van der Waals surface area contributed by atoms with E-state index in [1.807, 2.05) is 30.3 Å². The Hall–Kier alpha value is -2.10. The lowest BCUT2D eigenvalue weighted by Crippen LogP contribution is -2.44. The molecule has 4 heteroatoms. The van der Waals surface area contributed by atoms with Gasteiger partial charge < -0.3 is 4.74 Å². The molecule has 1 heterocycles. The van der Waals surface area contributed by atoms with Crippen molar-refractivity contribution in [2.24, 2.45) is 11.8 Å². The number of carbonyl (C=O) groups is 2. The molecule has 0 spiro atoms. The van der Waals surface area contributed by atoms with Crippen molar-refractivity contribution in [3.8, 4) is 0 Å². The summed E-state index contributed by atoms with van der Waals surface area (Å²) in [6.45, 7) is 4.10. The molecule has 1 aromatic rings. The van der Waals surface area contributed by atoms with Gasteiger partial charge in [-0.05, 0) is 30.7 Å². The van der Waals surface area contributed by atoms with Crippen LogP contribution < -0.4 is 0 Å². The molecule has 0 aromatic heterocycles. The molecule has 2 aliphatic rings. The lowest BCUT2D eigenvalue weighted by molar-refractivity contribution is -0.134. The highest BCUT2D eigenvalue weighted by atomic mass is 16.6. The van der Waals surface area contributed by atoms with Crippen LogP contribution in [0.15, 0.2) is 43.0 Å². The maximum Gasteiger partial charge on any atom is 0.416 e. The van der Waals surface area contributed by atoms with Gasteiger partial charge in [0.1, 0.15) is 6.61 Å². The predicted molar refractivity (Wildman–Crippen MR) is 102 cm³/mol. The standard InChI is InChI=1S/C22H29NO3/c1-2-9-19(14-17-10-5-3-6-11-17)21(24)23-20(16-26-22(23)25)15-18-12-7-4-8-13-18/h2,4,7-8,12-13,17,19-20H,1,3,5-6,9-11,14-16H2. The molecule has 0 radical (unpaired) electrons. The normalized spacial score (nSPS) is 22.1. The van der Waals surface area contributed by atoms with Gasteiger partial charge in [-0.15, -0.1) is 6.58 Å². The molecule has 1 aliphatic carbocycles. The minimum atomic E-state index is -0.492. The van der Waals surface area contributed by atoms with Crippen molar-refractivity contribution in [2.75, 3.05) is 6.61 Å². The monoisotopic (exact) mass is 355 g/mol. The molecule has 1 saturated heterocycles. The Morgan fingerprint density at radius 3 is 2.65 bits per heavy atom. The predicted octanol–water partition coefficient (Wildman–Crippen LogP) is 4.74. The minimum absolute atomic E-state index is 0.0843. The fourth-order valence-electron chi connectivity index (χ4n) is 4.29. The van der Waals surface area contributed by atoms with Crippen LogP contribution in [0.5, 0.6) is 0 Å². The molecule has 3 rings (SSSR count). The number of hydrogen-bond donors (Lipinski definition) is 0. The lowest BCUT2D eigenvalue weighted by Gasteiger charge is -2.28. The Bertz CT molecular complexity index is 622. The van der Waals surface area contributed by atoms with Gasteiger partial charge in [-0.2, -0.15) is 0 Å². The molecule has 1 saturated carbocycles. The Morgan fingerprint density at radius 1 is 1.23 bits per heavy atom. The highest BCUT2D eigenvalue weighted by Gasteiger charge is 2.40. The molecule has 2 fully saturated rings. The summed E-state index contributed by atoms with van der Waals surface area (Å²) in [6, 6.07) is 9.75. The molecule has 140 valence electrons. The van der Waals surface area contributed by atoms with E-state index in [4.69, 9.17) is 4.74 Å². The molecule has 0 N–H and O–H groups in total. The number of hydrogen-bond acceptors (Lipinski definition) is 3. The summed E-state index contributed by atoms with van der Waals surface area (Å²) >= 11 is 0. The summed E-state index contributed by atoms with van der Waals surface area (Å²) in [5.74, 6) is 0.335. The van der Waals surface area contributed by atoms with Crippen molar-refractivity contribution in [3.63, 3.8) is 0 Å². The van der Waals surface area contributed by atoms with Crippen LogP contribution in [-0.2, 0) is 16.0 Å². The topological polar surface area (TPSA) is 46.6 Å². The van der Waals surface area contributed by atoms with E-state index in [0.717, 1.165) is 12.0 Å². The number of ether oxygens (including phenoxy) is 1. The second kappa shape index (κ2) is 9.02. The summed E-state index contributed by atoms with van der Waals surface area (Å²) in [5, 5.41) is 0. The van der Waals surface area contributed by atoms with Gasteiger partial charge >= 0.3 is 6.09 Å². The Balaban J connectivity index is 1.70. The quantitative estimate of drug-likeness (QED) is 0.664. The van der Waals surface area contributed by atoms with Crippen molar-refractivity contribution in [3.05, 3.63) is 48.6 Å². The first-order chi connectivity index (χ1) is 12.7. The first kappa shape index (κ1) is 18.7. The van der Waals surface area contributed by atoms with Gasteiger partial charge in [-0.1, -0.05) is 68.5 Å². The molecular weight excluding hydrogens is 326 g/mol. The van der Waals surface area contributed by atoms with Crippen LogP contribution in [0.3, 0.4) is 0 Å². The van der Waals surface area contributed by atoms with E-state index in [1.165, 1.54) is 37.0 Å². The first-order valence-corrected chi connectivity index (χ1v) is 9.83. The molecule has 2 amide bonds. The maximum absolute atomic E-state index is 13.2. The van der Waals surface area contributed by atoms with Gasteiger partial charge in [-0.25, -0.2) is 9.69 Å². The number of nitrogens with zero attached hydrogens (tertiary/aromatic N) is 1. The van der Waals surface area contributed by atoms with Gasteiger partial charge in [-0.3, -0.25) is 4.79 Å². The van der Waals surface area contributed by atoms with Crippen molar-refractivity contribution in [2.45, 2.75) is 57.4 Å². The fourth-order valence-corrected chi connectivity index (χ4v) is 4.29. The fraction of sp³-hybridized carbons (Fsp3) is 0.545. The van der Waals surface area contributed by atoms with E-state index in [-0.39, 0.29) is 24.5 Å². The van der Waals surface area contributed by atoms with Gasteiger partial charge in [0.25, 0.3) is 0 Å². The average Bonchev–Trinajstić information content (AvgIpc) is 3.02. The van der Waals surface area contributed by atoms with Crippen LogP contribution in [0.4, 0.5) is 4.79 Å². The highest BCUT2D eigenvalue weighted by Crippen LogP contribution is 2.32. The van der Waals surface area contributed by atoms with E-state index in [1.54, 1.807) is 6.08 Å². The average molecular weight is 355 g/mol. The highest BCUT2D eigenvalue weighted by molar-refractivity contribution is 5.94. The number of carbonyl (C=O) groups excluding carboxylic acids is 2. The summed E-state index contributed by atoms with van der Waals surface area (Å²) in [6.07, 6.45) is 9.62. The first-order valence-electron chi connectivity index (χ1n) is 9.83. The summed E-state index contributed by atoms with van der Waals surface area (Å²) in [4.78, 5) is 26.9. The molecule has 0 bridgehead atoms. The van der Waals surface area contributed by atoms with Gasteiger partial charge in [0, 0.05) is 5.92 Å². The van der Waals surface area contributed by atoms with E-state index in [2.05, 4.69) is 6.58 Å². The van der Waals surface area contributed by atoms with Crippen LogP contribution in [0.2, 0.25) is 0 Å². The van der Waals surface area contributed by atoms with E-state index in [0.29, 0.717) is 18.8 Å². The summed E-state index contributed by atoms with van der Waals surface area (Å²) in [7, 11) is 0. The van der Waals surface area contributed by atoms with Crippen LogP contribution in [-0.4, -0.2) is 29.5 Å². The van der Waals surface area contributed by atoms with Gasteiger partial charge in [0.2, 0.25) is 5.91 Å². The minimum Gasteiger partial charge on any atom is -0.447 e. The van der Waals surface area contributed by atoms with Crippen LogP contribution in [0, 0.1) is 11.8 Å². The lowest BCUT2D eigenvalue weighted by atomic mass is 9.81. The summed E-state index contributed by atoms with van der Waals surface area (Å²) in [5.41, 5.74) is 1.11. The Labute approximate surface area is 156 Å². The number of amides is 2. The maximum atomic E-state index is 13.2.